The van der Waals surface area contributed by atoms with Crippen LogP contribution in [-0.2, 0) is 0 Å². The number of hydrogen-bond acceptors (Lipinski definition) is 0. The summed E-state index contributed by atoms with van der Waals surface area (Å²) < 4.78 is 26.9. The molecule has 2 aromatic rings. The van der Waals surface area contributed by atoms with Crippen LogP contribution in [0.3, 0.4) is 0 Å². The summed E-state index contributed by atoms with van der Waals surface area (Å²) in [6, 6.07) is 13.0. The van der Waals surface area contributed by atoms with Crippen molar-refractivity contribution in [3.05, 3.63) is 76.9 Å². The van der Waals surface area contributed by atoms with Crippen LogP contribution in [0.4, 0.5) is 8.78 Å². The Bertz CT molecular complexity index is 600. The molecule has 0 aromatic heterocycles. The second kappa shape index (κ2) is 3.81. The van der Waals surface area contributed by atoms with Gasteiger partial charge in [-0.2, -0.15) is 0 Å². The molecular formula is C15H9F2. The molecule has 83 valence electrons. The summed E-state index contributed by atoms with van der Waals surface area (Å²) in [4.78, 5) is 0. The zero-order valence-electron chi connectivity index (χ0n) is 8.95. The van der Waals surface area contributed by atoms with Crippen LogP contribution >= 0.6 is 0 Å². The molecule has 0 spiro atoms. The lowest BCUT2D eigenvalue weighted by Gasteiger charge is -2.12. The molecule has 0 amide bonds. The number of halogens is 2. The highest BCUT2D eigenvalue weighted by Gasteiger charge is 2.22. The van der Waals surface area contributed by atoms with Gasteiger partial charge in [0, 0.05) is 17.5 Å². The van der Waals surface area contributed by atoms with Gasteiger partial charge in [0.05, 0.1) is 0 Å². The standard InChI is InChI=1S/C15H9F2/c16-14-7-3-6-13(15(14)17)12-9-8-10-4-1-2-5-11(10)12/h1-6,8-9,12H. The van der Waals surface area contributed by atoms with Crippen molar-refractivity contribution in [2.24, 2.45) is 0 Å². The summed E-state index contributed by atoms with van der Waals surface area (Å²) in [6.45, 7) is 0. The van der Waals surface area contributed by atoms with Crippen molar-refractivity contribution in [3.8, 4) is 0 Å². The molecule has 3 rings (SSSR count). The minimum Gasteiger partial charge on any atom is -0.203 e. The van der Waals surface area contributed by atoms with Gasteiger partial charge in [0.25, 0.3) is 0 Å². The first-order chi connectivity index (χ1) is 8.27. The first kappa shape index (κ1) is 10.2. The third kappa shape index (κ3) is 1.57. The van der Waals surface area contributed by atoms with Crippen molar-refractivity contribution in [1.82, 2.24) is 0 Å². The van der Waals surface area contributed by atoms with Crippen LogP contribution in [0, 0.1) is 17.7 Å². The fourth-order valence-corrected chi connectivity index (χ4v) is 2.23. The van der Waals surface area contributed by atoms with Crippen molar-refractivity contribution in [2.45, 2.75) is 5.92 Å². The Labute approximate surface area is 98.2 Å². The average molecular weight is 227 g/mol. The van der Waals surface area contributed by atoms with E-state index in [-0.39, 0.29) is 5.92 Å². The topological polar surface area (TPSA) is 0 Å². The Morgan fingerprint density at radius 3 is 2.71 bits per heavy atom. The van der Waals surface area contributed by atoms with Crippen LogP contribution in [0.1, 0.15) is 22.6 Å². The van der Waals surface area contributed by atoms with Crippen LogP contribution in [0.25, 0.3) is 6.08 Å². The van der Waals surface area contributed by atoms with E-state index in [1.54, 1.807) is 6.07 Å². The number of fused-ring (bicyclic) bond motifs is 1. The summed E-state index contributed by atoms with van der Waals surface area (Å²) in [5.41, 5.74) is 2.43. The fourth-order valence-electron chi connectivity index (χ4n) is 2.23. The van der Waals surface area contributed by atoms with Crippen LogP contribution in [0.15, 0.2) is 42.5 Å². The normalized spacial score (nSPS) is 17.2. The lowest BCUT2D eigenvalue weighted by atomic mass is 9.93. The molecule has 1 atom stereocenters. The quantitative estimate of drug-likeness (QED) is 0.692. The minimum atomic E-state index is -0.916. The van der Waals surface area contributed by atoms with E-state index in [1.807, 2.05) is 36.4 Å². The fraction of sp³-hybridized carbons (Fsp3) is 0.0667. The molecule has 1 unspecified atom stereocenters. The van der Waals surface area contributed by atoms with E-state index in [4.69, 9.17) is 0 Å². The van der Waals surface area contributed by atoms with Crippen molar-refractivity contribution in [1.29, 1.82) is 0 Å². The van der Waals surface area contributed by atoms with E-state index in [2.05, 4.69) is 6.07 Å². The summed E-state index contributed by atoms with van der Waals surface area (Å²) in [6.07, 6.45) is 3.83. The first-order valence-corrected chi connectivity index (χ1v) is 5.40. The van der Waals surface area contributed by atoms with Gasteiger partial charge in [-0.15, -0.1) is 0 Å². The third-order valence-corrected chi connectivity index (χ3v) is 3.05. The molecular weight excluding hydrogens is 218 g/mol. The highest BCUT2D eigenvalue weighted by atomic mass is 19.2. The van der Waals surface area contributed by atoms with Gasteiger partial charge in [-0.25, -0.2) is 8.78 Å². The molecule has 1 aliphatic carbocycles. The van der Waals surface area contributed by atoms with Crippen LogP contribution < -0.4 is 0 Å². The maximum Gasteiger partial charge on any atom is 0.167 e. The smallest absolute Gasteiger partial charge is 0.167 e. The second-order valence-corrected chi connectivity index (χ2v) is 4.03. The van der Waals surface area contributed by atoms with Crippen LogP contribution in [0.5, 0.6) is 0 Å². The van der Waals surface area contributed by atoms with Gasteiger partial charge in [-0.3, -0.25) is 0 Å². The first-order valence-electron chi connectivity index (χ1n) is 5.40. The molecule has 0 nitrogen and oxygen atoms in total. The van der Waals surface area contributed by atoms with Gasteiger partial charge >= 0.3 is 0 Å². The van der Waals surface area contributed by atoms with E-state index in [0.717, 1.165) is 11.1 Å². The van der Waals surface area contributed by atoms with Crippen molar-refractivity contribution >= 4 is 6.08 Å². The van der Waals surface area contributed by atoms with Gasteiger partial charge in [0.2, 0.25) is 0 Å². The van der Waals surface area contributed by atoms with Gasteiger partial charge < -0.3 is 0 Å². The average Bonchev–Trinajstić information content (AvgIpc) is 2.77. The maximum atomic E-state index is 13.7. The van der Waals surface area contributed by atoms with Crippen molar-refractivity contribution in [2.75, 3.05) is 0 Å². The Morgan fingerprint density at radius 1 is 1.00 bits per heavy atom. The van der Waals surface area contributed by atoms with E-state index in [0.29, 0.717) is 5.56 Å². The van der Waals surface area contributed by atoms with Gasteiger partial charge in [-0.05, 0) is 11.1 Å². The minimum absolute atomic E-state index is 0.199. The Kier molecular flexibility index (Phi) is 2.29. The highest BCUT2D eigenvalue weighted by Crippen LogP contribution is 2.36. The lowest BCUT2D eigenvalue weighted by Crippen LogP contribution is -2.01. The summed E-state index contributed by atoms with van der Waals surface area (Å²) in [5.74, 6) is -1.92. The monoisotopic (exact) mass is 227 g/mol. The molecule has 0 N–H and O–H groups in total. The Hall–Kier alpha value is -1.96. The summed E-state index contributed by atoms with van der Waals surface area (Å²) in [5, 5.41) is 0. The predicted octanol–water partition coefficient (Wildman–Crippen LogP) is 3.92. The summed E-state index contributed by atoms with van der Waals surface area (Å²) in [7, 11) is 0. The number of hydrogen-bond donors (Lipinski definition) is 0. The third-order valence-electron chi connectivity index (χ3n) is 3.05. The predicted molar refractivity (Wildman–Crippen MR) is 62.5 cm³/mol. The molecule has 0 saturated carbocycles. The van der Waals surface area contributed by atoms with Gasteiger partial charge in [0.15, 0.2) is 11.6 Å². The molecule has 2 aromatic carbocycles. The van der Waals surface area contributed by atoms with Gasteiger partial charge in [0.1, 0.15) is 0 Å². The summed E-state index contributed by atoms with van der Waals surface area (Å²) >= 11 is 0. The zero-order chi connectivity index (χ0) is 11.8. The molecule has 17 heavy (non-hydrogen) atoms. The Balaban J connectivity index is 2.14. The molecule has 0 saturated heterocycles. The van der Waals surface area contributed by atoms with Crippen molar-refractivity contribution < 1.29 is 8.78 Å². The molecule has 0 aliphatic heterocycles. The highest BCUT2D eigenvalue weighted by molar-refractivity contribution is 5.65. The van der Waals surface area contributed by atoms with Crippen LogP contribution in [0.2, 0.25) is 0 Å². The SMILES string of the molecule is Fc1[c]ccc(C2C=Cc3ccccc32)c1F. The molecule has 1 radical (unpaired) electrons. The van der Waals surface area contributed by atoms with E-state index >= 15 is 0 Å². The molecule has 0 heterocycles. The van der Waals surface area contributed by atoms with E-state index in [9.17, 15) is 8.78 Å². The zero-order valence-corrected chi connectivity index (χ0v) is 8.95. The second-order valence-electron chi connectivity index (χ2n) is 4.03. The number of allylic oxidation sites excluding steroid dienone is 1. The maximum absolute atomic E-state index is 13.7. The number of rotatable bonds is 1. The van der Waals surface area contributed by atoms with E-state index < -0.39 is 11.6 Å². The number of benzene rings is 2. The molecule has 1 aliphatic rings. The molecule has 0 bridgehead atoms. The Morgan fingerprint density at radius 2 is 1.82 bits per heavy atom. The lowest BCUT2D eigenvalue weighted by molar-refractivity contribution is 0.497. The van der Waals surface area contributed by atoms with E-state index in [1.165, 1.54) is 6.07 Å². The van der Waals surface area contributed by atoms with Gasteiger partial charge in [-0.1, -0.05) is 48.6 Å². The molecule has 2 heteroatoms. The largest absolute Gasteiger partial charge is 0.203 e. The van der Waals surface area contributed by atoms with Crippen molar-refractivity contribution in [3.63, 3.8) is 0 Å². The molecule has 0 fully saturated rings. The van der Waals surface area contributed by atoms with Crippen LogP contribution in [-0.4, -0.2) is 0 Å².